The summed E-state index contributed by atoms with van der Waals surface area (Å²) in [5.41, 5.74) is 2.19. The molecule has 0 aliphatic carbocycles. The van der Waals surface area contributed by atoms with E-state index in [1.807, 2.05) is 103 Å². The molecule has 0 N–H and O–H groups in total. The van der Waals surface area contributed by atoms with Gasteiger partial charge >= 0.3 is 9.53 Å². The van der Waals surface area contributed by atoms with Crippen LogP contribution in [0.3, 0.4) is 0 Å². The predicted molar refractivity (Wildman–Crippen MR) is 122 cm³/mol. The molecule has 0 amide bonds. The third-order valence-electron chi connectivity index (χ3n) is 4.22. The van der Waals surface area contributed by atoms with E-state index in [1.165, 1.54) is 0 Å². The van der Waals surface area contributed by atoms with Gasteiger partial charge in [0.2, 0.25) is 0 Å². The Labute approximate surface area is 178 Å². The zero-order chi connectivity index (χ0) is 20.4. The summed E-state index contributed by atoms with van der Waals surface area (Å²) in [6.07, 6.45) is 4.14. The van der Waals surface area contributed by atoms with E-state index in [-0.39, 0.29) is 0 Å². The molecule has 0 bridgehead atoms. The maximum Gasteiger partial charge on any atom is 0.818 e. The van der Waals surface area contributed by atoms with Gasteiger partial charge in [0.1, 0.15) is 17.2 Å². The van der Waals surface area contributed by atoms with Crippen LogP contribution in [0.1, 0.15) is 11.1 Å². The minimum Gasteiger partial charge on any atom is -0.479 e. The van der Waals surface area contributed by atoms with Gasteiger partial charge in [-0.05, 0) is 47.5 Å². The smallest absolute Gasteiger partial charge is 0.479 e. The largest absolute Gasteiger partial charge is 0.818 e. The first-order valence-corrected chi connectivity index (χ1v) is 10.9. The standard InChI is InChI=1S/C26H21O3Si/c1-4-11-22(12-5-1)19-20-23-13-10-18-26(21-23)29-30(27-24-14-6-2-7-15-24)28-25-16-8-3-9-17-25/h1-21H/b20-19+. The minimum atomic E-state index is -2.11. The molecule has 1 radical (unpaired) electrons. The third-order valence-corrected chi connectivity index (χ3v) is 5.42. The molecule has 0 heterocycles. The second-order valence-corrected chi connectivity index (χ2v) is 7.61. The lowest BCUT2D eigenvalue weighted by molar-refractivity contribution is 0.307. The van der Waals surface area contributed by atoms with E-state index in [1.54, 1.807) is 0 Å². The summed E-state index contributed by atoms with van der Waals surface area (Å²) in [6, 6.07) is 37.2. The molecule has 0 unspecified atom stereocenters. The molecule has 0 saturated heterocycles. The van der Waals surface area contributed by atoms with Crippen LogP contribution in [-0.2, 0) is 0 Å². The average molecular weight is 410 g/mol. The fraction of sp³-hybridized carbons (Fsp3) is 0. The summed E-state index contributed by atoms with van der Waals surface area (Å²) < 4.78 is 18.2. The van der Waals surface area contributed by atoms with E-state index in [9.17, 15) is 0 Å². The summed E-state index contributed by atoms with van der Waals surface area (Å²) in [4.78, 5) is 0. The first-order valence-electron chi connectivity index (χ1n) is 9.69. The van der Waals surface area contributed by atoms with Gasteiger partial charge in [-0.3, -0.25) is 0 Å². The lowest BCUT2D eigenvalue weighted by Crippen LogP contribution is -2.36. The van der Waals surface area contributed by atoms with Crippen LogP contribution in [0.15, 0.2) is 115 Å². The molecule has 4 aromatic carbocycles. The van der Waals surface area contributed by atoms with Crippen LogP contribution in [0, 0.1) is 0 Å². The van der Waals surface area contributed by atoms with E-state index in [4.69, 9.17) is 13.3 Å². The van der Waals surface area contributed by atoms with Crippen LogP contribution in [0.2, 0.25) is 0 Å². The lowest BCUT2D eigenvalue weighted by atomic mass is 10.1. The van der Waals surface area contributed by atoms with Gasteiger partial charge in [-0.15, -0.1) is 0 Å². The van der Waals surface area contributed by atoms with Crippen molar-refractivity contribution in [2.75, 3.05) is 0 Å². The molecule has 0 fully saturated rings. The van der Waals surface area contributed by atoms with Crippen LogP contribution >= 0.6 is 0 Å². The Balaban J connectivity index is 1.51. The van der Waals surface area contributed by atoms with Crippen molar-refractivity contribution in [3.8, 4) is 17.2 Å². The Morgan fingerprint density at radius 2 is 0.867 bits per heavy atom. The molecule has 0 aliphatic rings. The molecule has 30 heavy (non-hydrogen) atoms. The van der Waals surface area contributed by atoms with E-state index in [0.29, 0.717) is 17.2 Å². The van der Waals surface area contributed by atoms with Gasteiger partial charge in [0.15, 0.2) is 0 Å². The maximum absolute atomic E-state index is 6.14. The summed E-state index contributed by atoms with van der Waals surface area (Å²) in [6.45, 7) is 0. The molecule has 0 atom stereocenters. The van der Waals surface area contributed by atoms with Crippen molar-refractivity contribution >= 4 is 21.7 Å². The number of hydrogen-bond acceptors (Lipinski definition) is 3. The quantitative estimate of drug-likeness (QED) is 0.250. The van der Waals surface area contributed by atoms with Gasteiger partial charge < -0.3 is 13.3 Å². The monoisotopic (exact) mass is 409 g/mol. The number of benzene rings is 4. The van der Waals surface area contributed by atoms with E-state index < -0.39 is 9.53 Å². The van der Waals surface area contributed by atoms with Crippen molar-refractivity contribution in [1.82, 2.24) is 0 Å². The molecule has 0 spiro atoms. The Morgan fingerprint density at radius 1 is 0.433 bits per heavy atom. The van der Waals surface area contributed by atoms with Crippen LogP contribution in [0.4, 0.5) is 0 Å². The molecule has 0 aliphatic heterocycles. The SMILES string of the molecule is C(=C\c1cccc(O[Si](Oc2ccccc2)Oc2ccccc2)c1)/c1ccccc1. The molecule has 3 nitrogen and oxygen atoms in total. The van der Waals surface area contributed by atoms with Gasteiger partial charge in [-0.1, -0.05) is 91.0 Å². The summed E-state index contributed by atoms with van der Waals surface area (Å²) >= 11 is 0. The summed E-state index contributed by atoms with van der Waals surface area (Å²) in [5.74, 6) is 2.12. The number of para-hydroxylation sites is 2. The van der Waals surface area contributed by atoms with Crippen molar-refractivity contribution in [3.05, 3.63) is 126 Å². The van der Waals surface area contributed by atoms with Gasteiger partial charge in [0, 0.05) is 0 Å². The average Bonchev–Trinajstić information content (AvgIpc) is 2.80. The van der Waals surface area contributed by atoms with Crippen molar-refractivity contribution in [2.45, 2.75) is 0 Å². The second kappa shape index (κ2) is 10.1. The Hall–Kier alpha value is -3.76. The Kier molecular flexibility index (Phi) is 6.61. The van der Waals surface area contributed by atoms with Crippen molar-refractivity contribution in [1.29, 1.82) is 0 Å². The molecule has 0 saturated carbocycles. The normalized spacial score (nSPS) is 10.8. The number of hydrogen-bond donors (Lipinski definition) is 0. The zero-order valence-electron chi connectivity index (χ0n) is 16.3. The molecule has 0 aromatic heterocycles. The van der Waals surface area contributed by atoms with Gasteiger partial charge in [-0.2, -0.15) is 0 Å². The van der Waals surface area contributed by atoms with Crippen molar-refractivity contribution < 1.29 is 13.3 Å². The fourth-order valence-electron chi connectivity index (χ4n) is 2.77. The van der Waals surface area contributed by atoms with Crippen LogP contribution in [0.25, 0.3) is 12.2 Å². The van der Waals surface area contributed by atoms with Crippen LogP contribution < -0.4 is 13.3 Å². The first-order chi connectivity index (χ1) is 14.8. The van der Waals surface area contributed by atoms with E-state index in [0.717, 1.165) is 11.1 Å². The third kappa shape index (κ3) is 5.87. The van der Waals surface area contributed by atoms with E-state index >= 15 is 0 Å². The molecule has 147 valence electrons. The van der Waals surface area contributed by atoms with E-state index in [2.05, 4.69) is 24.3 Å². The van der Waals surface area contributed by atoms with Crippen LogP contribution in [-0.4, -0.2) is 9.53 Å². The first kappa shape index (κ1) is 19.5. The maximum atomic E-state index is 6.14. The second-order valence-electron chi connectivity index (χ2n) is 6.50. The molecule has 4 aromatic rings. The molecular formula is C26H21O3Si. The highest BCUT2D eigenvalue weighted by Gasteiger charge is 2.28. The molecule has 4 rings (SSSR count). The highest BCUT2D eigenvalue weighted by atomic mass is 28.3. The van der Waals surface area contributed by atoms with Crippen LogP contribution in [0.5, 0.6) is 17.2 Å². The van der Waals surface area contributed by atoms with Gasteiger partial charge in [0.05, 0.1) is 0 Å². The highest BCUT2D eigenvalue weighted by Crippen LogP contribution is 2.20. The highest BCUT2D eigenvalue weighted by molar-refractivity contribution is 6.39. The van der Waals surface area contributed by atoms with Crippen molar-refractivity contribution in [2.24, 2.45) is 0 Å². The molecular weight excluding hydrogens is 388 g/mol. The Morgan fingerprint density at radius 3 is 1.47 bits per heavy atom. The van der Waals surface area contributed by atoms with Gasteiger partial charge in [-0.25, -0.2) is 0 Å². The zero-order valence-corrected chi connectivity index (χ0v) is 17.3. The lowest BCUT2D eigenvalue weighted by Gasteiger charge is -2.16. The molecule has 4 heteroatoms. The van der Waals surface area contributed by atoms with Gasteiger partial charge in [0.25, 0.3) is 0 Å². The summed E-state index contributed by atoms with van der Waals surface area (Å²) in [7, 11) is -2.11. The topological polar surface area (TPSA) is 27.7 Å². The Bertz CT molecular complexity index is 1030. The predicted octanol–water partition coefficient (Wildman–Crippen LogP) is 6.38. The minimum absolute atomic E-state index is 0.700. The summed E-state index contributed by atoms with van der Waals surface area (Å²) in [5, 5.41) is 0. The van der Waals surface area contributed by atoms with Crippen molar-refractivity contribution in [3.63, 3.8) is 0 Å². The number of rotatable bonds is 8. The fourth-order valence-corrected chi connectivity index (χ4v) is 3.87.